The molecule has 2 N–H and O–H groups in total. The minimum Gasteiger partial charge on any atom is -0.478 e. The second kappa shape index (κ2) is 7.03. The van der Waals surface area contributed by atoms with Crippen molar-refractivity contribution >= 4 is 40.0 Å². The van der Waals surface area contributed by atoms with Gasteiger partial charge in [0.25, 0.3) is 11.6 Å². The molecule has 1 saturated carbocycles. The monoisotopic (exact) mass is 423 g/mol. The Kier molecular flexibility index (Phi) is 4.32. The fourth-order valence-electron chi connectivity index (χ4n) is 3.28. The van der Waals surface area contributed by atoms with Crippen LogP contribution in [0.25, 0.3) is 21.7 Å². The second-order valence-electron chi connectivity index (χ2n) is 7.01. The number of benzene rings is 1. The molecule has 0 unspecified atom stereocenters. The summed E-state index contributed by atoms with van der Waals surface area (Å²) in [6.45, 7) is 0. The molecule has 4 aromatic rings. The molecule has 3 aromatic heterocycles. The van der Waals surface area contributed by atoms with Gasteiger partial charge in [0.05, 0.1) is 38.5 Å². The van der Waals surface area contributed by atoms with Crippen LogP contribution in [0.15, 0.2) is 46.3 Å². The SMILES string of the molecule is O=C(O)c1ccc(NC(=O)c2cc(-c3cccs3)nc3onc(C4CC4)c23)c(F)c1. The number of hydrogen-bond donors (Lipinski definition) is 2. The molecule has 7 nitrogen and oxygen atoms in total. The molecule has 1 aromatic carbocycles. The number of carboxylic acids is 1. The number of anilines is 1. The van der Waals surface area contributed by atoms with Gasteiger partial charge in [0, 0.05) is 5.92 Å². The highest BCUT2D eigenvalue weighted by molar-refractivity contribution is 7.13. The number of aromatic nitrogens is 2. The van der Waals surface area contributed by atoms with Gasteiger partial charge in [-0.3, -0.25) is 4.79 Å². The van der Waals surface area contributed by atoms with E-state index in [0.717, 1.165) is 23.8 Å². The number of halogens is 1. The number of amides is 1. The number of aromatic carboxylic acids is 1. The van der Waals surface area contributed by atoms with E-state index in [1.165, 1.54) is 23.5 Å². The van der Waals surface area contributed by atoms with E-state index in [1.807, 2.05) is 17.5 Å². The van der Waals surface area contributed by atoms with Gasteiger partial charge in [-0.05, 0) is 48.6 Å². The topological polar surface area (TPSA) is 105 Å². The second-order valence-corrected chi connectivity index (χ2v) is 7.96. The van der Waals surface area contributed by atoms with Gasteiger partial charge >= 0.3 is 5.97 Å². The van der Waals surface area contributed by atoms with Gasteiger partial charge in [0.15, 0.2) is 0 Å². The Morgan fingerprint density at radius 2 is 2.07 bits per heavy atom. The van der Waals surface area contributed by atoms with Crippen molar-refractivity contribution in [2.45, 2.75) is 18.8 Å². The Morgan fingerprint density at radius 1 is 1.23 bits per heavy atom. The van der Waals surface area contributed by atoms with Crippen molar-refractivity contribution in [2.24, 2.45) is 0 Å². The number of hydrogen-bond acceptors (Lipinski definition) is 6. The highest BCUT2D eigenvalue weighted by Gasteiger charge is 2.32. The molecular formula is C21H14FN3O4S. The Labute approximate surface area is 173 Å². The highest BCUT2D eigenvalue weighted by Crippen LogP contribution is 2.43. The van der Waals surface area contributed by atoms with E-state index < -0.39 is 17.7 Å². The molecule has 1 aliphatic rings. The van der Waals surface area contributed by atoms with E-state index >= 15 is 0 Å². The van der Waals surface area contributed by atoms with Crippen LogP contribution in [0.1, 0.15) is 45.2 Å². The first-order chi connectivity index (χ1) is 14.5. The molecule has 150 valence electrons. The smallest absolute Gasteiger partial charge is 0.335 e. The van der Waals surface area contributed by atoms with Crippen molar-refractivity contribution in [1.82, 2.24) is 10.1 Å². The number of fused-ring (bicyclic) bond motifs is 1. The van der Waals surface area contributed by atoms with E-state index in [4.69, 9.17) is 9.63 Å². The summed E-state index contributed by atoms with van der Waals surface area (Å²) in [5.74, 6) is -2.41. The van der Waals surface area contributed by atoms with Gasteiger partial charge in [0.1, 0.15) is 5.82 Å². The largest absolute Gasteiger partial charge is 0.478 e. The lowest BCUT2D eigenvalue weighted by Gasteiger charge is -2.09. The van der Waals surface area contributed by atoms with Gasteiger partial charge in [-0.25, -0.2) is 14.2 Å². The molecule has 1 amide bonds. The van der Waals surface area contributed by atoms with Crippen LogP contribution >= 0.6 is 11.3 Å². The van der Waals surface area contributed by atoms with E-state index in [1.54, 1.807) is 6.07 Å². The third-order valence-corrected chi connectivity index (χ3v) is 5.81. The van der Waals surface area contributed by atoms with Gasteiger partial charge in [0.2, 0.25) is 0 Å². The maximum Gasteiger partial charge on any atom is 0.335 e. The van der Waals surface area contributed by atoms with Crippen LogP contribution in [0, 0.1) is 5.82 Å². The summed E-state index contributed by atoms with van der Waals surface area (Å²) in [7, 11) is 0. The first kappa shape index (κ1) is 18.4. The van der Waals surface area contributed by atoms with Gasteiger partial charge in [-0.1, -0.05) is 11.2 Å². The minimum atomic E-state index is -1.25. The lowest BCUT2D eigenvalue weighted by atomic mass is 10.1. The molecule has 30 heavy (non-hydrogen) atoms. The van der Waals surface area contributed by atoms with Crippen molar-refractivity contribution < 1.29 is 23.6 Å². The normalized spacial score (nSPS) is 13.5. The number of nitrogens with zero attached hydrogens (tertiary/aromatic N) is 2. The number of carboxylic acid groups (broad SMARTS) is 1. The van der Waals surface area contributed by atoms with Crippen LogP contribution in [0.2, 0.25) is 0 Å². The summed E-state index contributed by atoms with van der Waals surface area (Å²) in [4.78, 5) is 29.5. The van der Waals surface area contributed by atoms with Crippen molar-refractivity contribution in [3.05, 3.63) is 64.4 Å². The zero-order chi connectivity index (χ0) is 20.8. The number of pyridine rings is 1. The van der Waals surface area contributed by atoms with Gasteiger partial charge < -0.3 is 14.9 Å². The number of carbonyl (C=O) groups is 2. The molecule has 0 spiro atoms. The molecular weight excluding hydrogens is 409 g/mol. The molecule has 1 fully saturated rings. The molecule has 0 aliphatic heterocycles. The van der Waals surface area contributed by atoms with E-state index in [0.29, 0.717) is 16.8 Å². The predicted octanol–water partition coefficient (Wildman–Crippen LogP) is 4.92. The van der Waals surface area contributed by atoms with Crippen LogP contribution in [0.3, 0.4) is 0 Å². The van der Waals surface area contributed by atoms with E-state index in [9.17, 15) is 14.0 Å². The standard InChI is InChI=1S/C21H14FN3O4S/c22-13-8-11(21(27)28)5-6-14(13)23-19(26)12-9-15(16-2-1-7-30-16)24-20-17(12)18(25-29-20)10-3-4-10/h1-2,5-10H,3-4H2,(H,23,26)(H,27,28). The van der Waals surface area contributed by atoms with E-state index in [2.05, 4.69) is 15.5 Å². The number of nitrogens with one attached hydrogen (secondary N) is 1. The maximum atomic E-state index is 14.3. The third kappa shape index (κ3) is 3.22. The summed E-state index contributed by atoms with van der Waals surface area (Å²) in [5.41, 5.74) is 1.47. The lowest BCUT2D eigenvalue weighted by molar-refractivity contribution is 0.0696. The van der Waals surface area contributed by atoms with E-state index in [-0.39, 0.29) is 28.4 Å². The van der Waals surface area contributed by atoms with Crippen LogP contribution in [-0.2, 0) is 0 Å². The summed E-state index contributed by atoms with van der Waals surface area (Å²) in [5, 5.41) is 18.1. The summed E-state index contributed by atoms with van der Waals surface area (Å²) >= 11 is 1.47. The first-order valence-electron chi connectivity index (χ1n) is 9.19. The average Bonchev–Trinajstić information content (AvgIpc) is 3.25. The van der Waals surface area contributed by atoms with Crippen LogP contribution < -0.4 is 5.32 Å². The highest BCUT2D eigenvalue weighted by atomic mass is 32.1. The van der Waals surface area contributed by atoms with Crippen molar-refractivity contribution in [1.29, 1.82) is 0 Å². The maximum absolute atomic E-state index is 14.3. The molecule has 0 bridgehead atoms. The molecule has 3 heterocycles. The van der Waals surface area contributed by atoms with Crippen molar-refractivity contribution in [2.75, 3.05) is 5.32 Å². The molecule has 0 atom stereocenters. The number of rotatable bonds is 5. The fourth-order valence-corrected chi connectivity index (χ4v) is 3.96. The Hall–Kier alpha value is -3.59. The molecule has 5 rings (SSSR count). The quantitative estimate of drug-likeness (QED) is 0.472. The summed E-state index contributed by atoms with van der Waals surface area (Å²) in [6.07, 6.45) is 1.92. The Balaban J connectivity index is 1.59. The first-order valence-corrected chi connectivity index (χ1v) is 10.1. The minimum absolute atomic E-state index is 0.114. The average molecular weight is 423 g/mol. The predicted molar refractivity (Wildman–Crippen MR) is 108 cm³/mol. The zero-order valence-corrected chi connectivity index (χ0v) is 16.2. The fraction of sp³-hybridized carbons (Fsp3) is 0.143. The lowest BCUT2D eigenvalue weighted by Crippen LogP contribution is -2.14. The van der Waals surface area contributed by atoms with Gasteiger partial charge in [-0.15, -0.1) is 11.3 Å². The number of thiophene rings is 1. The summed E-state index contributed by atoms with van der Waals surface area (Å²) < 4.78 is 19.8. The van der Waals surface area contributed by atoms with Crippen molar-refractivity contribution in [3.63, 3.8) is 0 Å². The molecule has 0 saturated heterocycles. The van der Waals surface area contributed by atoms with Crippen LogP contribution in [0.4, 0.5) is 10.1 Å². The number of carbonyl (C=O) groups excluding carboxylic acids is 1. The molecule has 0 radical (unpaired) electrons. The Bertz CT molecular complexity index is 1300. The Morgan fingerprint density at radius 3 is 2.73 bits per heavy atom. The summed E-state index contributed by atoms with van der Waals surface area (Å²) in [6, 6.07) is 8.73. The zero-order valence-electron chi connectivity index (χ0n) is 15.4. The third-order valence-electron chi connectivity index (χ3n) is 4.92. The van der Waals surface area contributed by atoms with Crippen LogP contribution in [0.5, 0.6) is 0 Å². The van der Waals surface area contributed by atoms with Gasteiger partial charge in [-0.2, -0.15) is 0 Å². The molecule has 1 aliphatic carbocycles. The van der Waals surface area contributed by atoms with Crippen LogP contribution in [-0.4, -0.2) is 27.1 Å². The molecule has 9 heteroatoms. The van der Waals surface area contributed by atoms with Crippen molar-refractivity contribution in [3.8, 4) is 10.6 Å².